The van der Waals surface area contributed by atoms with Crippen molar-refractivity contribution in [3.8, 4) is 11.8 Å². The number of nitriles is 1. The number of thioether (sulfide) groups is 1. The number of rotatable bonds is 9. The summed E-state index contributed by atoms with van der Waals surface area (Å²) in [5, 5.41) is 19.5. The maximum Gasteiger partial charge on any atom is 0.254 e. The van der Waals surface area contributed by atoms with Crippen molar-refractivity contribution in [2.24, 2.45) is 0 Å². The van der Waals surface area contributed by atoms with Crippen molar-refractivity contribution >= 4 is 35.0 Å². The van der Waals surface area contributed by atoms with Gasteiger partial charge in [-0.15, -0.1) is 0 Å². The molecule has 1 atom stereocenters. The summed E-state index contributed by atoms with van der Waals surface area (Å²) in [5.74, 6) is -1.83. The number of carbonyl (C=O) groups excluding carboxylic acids is 2. The molecular weight excluding hydrogens is 527 g/mol. The van der Waals surface area contributed by atoms with E-state index in [0.29, 0.717) is 22.2 Å². The molecule has 0 spiro atoms. The fourth-order valence-corrected chi connectivity index (χ4v) is 5.45. The number of para-hydroxylation sites is 3. The van der Waals surface area contributed by atoms with E-state index in [0.717, 1.165) is 29.4 Å². The highest BCUT2D eigenvalue weighted by molar-refractivity contribution is 8.03. The zero-order valence-electron chi connectivity index (χ0n) is 22.4. The Kier molecular flexibility index (Phi) is 9.25. The van der Waals surface area contributed by atoms with Crippen LogP contribution in [0.25, 0.3) is 0 Å². The number of benzene rings is 3. The van der Waals surface area contributed by atoms with E-state index in [-0.39, 0.29) is 28.4 Å². The summed E-state index contributed by atoms with van der Waals surface area (Å²) in [6.07, 6.45) is 0.767. The molecule has 3 aromatic carbocycles. The van der Waals surface area contributed by atoms with Gasteiger partial charge in [0.1, 0.15) is 11.6 Å². The molecule has 204 valence electrons. The first-order valence-electron chi connectivity index (χ1n) is 12.7. The predicted molar refractivity (Wildman–Crippen MR) is 156 cm³/mol. The highest BCUT2D eigenvalue weighted by Crippen LogP contribution is 2.42. The van der Waals surface area contributed by atoms with Gasteiger partial charge in [0.25, 0.3) is 5.91 Å². The molecule has 0 bridgehead atoms. The van der Waals surface area contributed by atoms with Crippen LogP contribution in [-0.4, -0.2) is 24.7 Å². The van der Waals surface area contributed by atoms with E-state index in [1.165, 1.54) is 13.2 Å². The van der Waals surface area contributed by atoms with Gasteiger partial charge in [0, 0.05) is 22.5 Å². The van der Waals surface area contributed by atoms with Gasteiger partial charge in [-0.25, -0.2) is 4.39 Å². The van der Waals surface area contributed by atoms with E-state index in [1.54, 1.807) is 49.4 Å². The maximum atomic E-state index is 15.2. The number of hydrogen-bond donors (Lipinski definition) is 3. The number of allylic oxidation sites excluding steroid dienone is 2. The van der Waals surface area contributed by atoms with E-state index in [4.69, 9.17) is 4.74 Å². The van der Waals surface area contributed by atoms with Gasteiger partial charge >= 0.3 is 0 Å². The van der Waals surface area contributed by atoms with Crippen LogP contribution in [0.5, 0.6) is 5.75 Å². The van der Waals surface area contributed by atoms with Gasteiger partial charge in [-0.05, 0) is 43.2 Å². The molecule has 0 aliphatic carbocycles. The number of anilines is 2. The molecular formula is C31H29FN4O3S. The molecule has 9 heteroatoms. The van der Waals surface area contributed by atoms with Gasteiger partial charge in [-0.1, -0.05) is 67.2 Å². The lowest BCUT2D eigenvalue weighted by Crippen LogP contribution is -2.31. The van der Waals surface area contributed by atoms with Crippen molar-refractivity contribution in [3.63, 3.8) is 0 Å². The van der Waals surface area contributed by atoms with Crippen molar-refractivity contribution in [2.75, 3.05) is 23.5 Å². The first kappa shape index (κ1) is 28.5. The second-order valence-electron chi connectivity index (χ2n) is 8.97. The number of aryl methyl sites for hydroxylation is 1. The molecule has 1 aliphatic rings. The topological polar surface area (TPSA) is 103 Å². The van der Waals surface area contributed by atoms with Crippen LogP contribution in [0, 0.1) is 17.1 Å². The van der Waals surface area contributed by atoms with E-state index in [2.05, 4.69) is 22.0 Å². The Morgan fingerprint density at radius 2 is 1.70 bits per heavy atom. The number of dihydropyridines is 1. The molecule has 0 saturated heterocycles. The maximum absolute atomic E-state index is 15.2. The summed E-state index contributed by atoms with van der Waals surface area (Å²) >= 11 is 1.13. The molecule has 7 nitrogen and oxygen atoms in total. The molecule has 0 saturated carbocycles. The third-order valence-corrected chi connectivity index (χ3v) is 7.50. The molecule has 1 heterocycles. The van der Waals surface area contributed by atoms with Crippen molar-refractivity contribution in [1.82, 2.24) is 5.32 Å². The lowest BCUT2D eigenvalue weighted by molar-refractivity contribution is -0.114. The standard InChI is InChI=1S/C31H29FN4O3S/c1-4-20-11-5-8-14-24(20)35-27(37)18-40-31-22(17-33)29(21-12-6-7-13-23(21)32)28(19(2)34-31)30(38)36-25-15-9-10-16-26(25)39-3/h5-16,29,34H,4,18H2,1-3H3,(H,35,37)(H,36,38)/t29-/m1/s1. The van der Waals surface area contributed by atoms with Crippen LogP contribution >= 0.6 is 11.8 Å². The average molecular weight is 557 g/mol. The van der Waals surface area contributed by atoms with Crippen LogP contribution < -0.4 is 20.7 Å². The number of ether oxygens (including phenoxy) is 1. The summed E-state index contributed by atoms with van der Waals surface area (Å²) < 4.78 is 20.5. The molecule has 0 fully saturated rings. The monoisotopic (exact) mass is 556 g/mol. The average Bonchev–Trinajstić information content (AvgIpc) is 2.96. The largest absolute Gasteiger partial charge is 0.495 e. The summed E-state index contributed by atoms with van der Waals surface area (Å²) in [7, 11) is 1.50. The molecule has 2 amide bonds. The van der Waals surface area contributed by atoms with Gasteiger partial charge in [0.05, 0.1) is 41.1 Å². The fourth-order valence-electron chi connectivity index (χ4n) is 4.56. The Balaban J connectivity index is 1.66. The lowest BCUT2D eigenvalue weighted by atomic mass is 9.82. The minimum Gasteiger partial charge on any atom is -0.495 e. The molecule has 0 aromatic heterocycles. The van der Waals surface area contributed by atoms with Crippen molar-refractivity contribution in [3.05, 3.63) is 112 Å². The third-order valence-electron chi connectivity index (χ3n) is 6.48. The SMILES string of the molecule is CCc1ccccc1NC(=O)CSC1=C(C#N)[C@@H](c2ccccc2F)C(C(=O)Nc2ccccc2OC)=C(C)N1. The third kappa shape index (κ3) is 6.19. The minimum atomic E-state index is -0.992. The van der Waals surface area contributed by atoms with Crippen molar-refractivity contribution in [2.45, 2.75) is 26.2 Å². The number of methoxy groups -OCH3 is 1. The molecule has 0 radical (unpaired) electrons. The fraction of sp³-hybridized carbons (Fsp3) is 0.194. The van der Waals surface area contributed by atoms with Crippen LogP contribution in [-0.2, 0) is 16.0 Å². The highest BCUT2D eigenvalue weighted by Gasteiger charge is 2.36. The quantitative estimate of drug-likeness (QED) is 0.294. The predicted octanol–water partition coefficient (Wildman–Crippen LogP) is 6.10. The van der Waals surface area contributed by atoms with Crippen LogP contribution in [0.2, 0.25) is 0 Å². The Labute approximate surface area is 237 Å². The number of nitrogens with zero attached hydrogens (tertiary/aromatic N) is 1. The molecule has 3 N–H and O–H groups in total. The summed E-state index contributed by atoms with van der Waals surface area (Å²) in [4.78, 5) is 26.5. The molecule has 3 aromatic rings. The Morgan fingerprint density at radius 3 is 2.40 bits per heavy atom. The van der Waals surface area contributed by atoms with Gasteiger partial charge < -0.3 is 20.7 Å². The zero-order valence-corrected chi connectivity index (χ0v) is 23.2. The Hall–Kier alpha value is -4.55. The number of hydrogen-bond acceptors (Lipinski definition) is 6. The van der Waals surface area contributed by atoms with Crippen LogP contribution in [0.3, 0.4) is 0 Å². The molecule has 1 aliphatic heterocycles. The molecule has 4 rings (SSSR count). The van der Waals surface area contributed by atoms with Gasteiger partial charge in [0.15, 0.2) is 0 Å². The summed E-state index contributed by atoms with van der Waals surface area (Å²) in [6.45, 7) is 3.70. The smallest absolute Gasteiger partial charge is 0.254 e. The Bertz CT molecular complexity index is 1540. The zero-order chi connectivity index (χ0) is 28.6. The second kappa shape index (κ2) is 13.0. The first-order valence-corrected chi connectivity index (χ1v) is 13.7. The Morgan fingerprint density at radius 1 is 1.02 bits per heavy atom. The highest BCUT2D eigenvalue weighted by atomic mass is 32.2. The van der Waals surface area contributed by atoms with Gasteiger partial charge in [0.2, 0.25) is 5.91 Å². The van der Waals surface area contributed by atoms with Crippen LogP contribution in [0.15, 0.2) is 94.7 Å². The number of amides is 2. The van der Waals surface area contributed by atoms with Crippen molar-refractivity contribution < 1.29 is 18.7 Å². The van der Waals surface area contributed by atoms with Crippen molar-refractivity contribution in [1.29, 1.82) is 5.26 Å². The van der Waals surface area contributed by atoms with E-state index in [1.807, 2.05) is 31.2 Å². The number of halogens is 1. The normalized spacial score (nSPS) is 14.7. The summed E-state index contributed by atoms with van der Waals surface area (Å²) in [5.41, 5.74) is 3.15. The van der Waals surface area contributed by atoms with Gasteiger partial charge in [-0.3, -0.25) is 9.59 Å². The number of nitrogens with one attached hydrogen (secondary N) is 3. The minimum absolute atomic E-state index is 0.00553. The molecule has 40 heavy (non-hydrogen) atoms. The summed E-state index contributed by atoms with van der Waals surface area (Å²) in [6, 6.07) is 22.7. The van der Waals surface area contributed by atoms with Crippen LogP contribution in [0.4, 0.5) is 15.8 Å². The van der Waals surface area contributed by atoms with E-state index >= 15 is 4.39 Å². The van der Waals surface area contributed by atoms with Gasteiger partial charge in [-0.2, -0.15) is 5.26 Å². The van der Waals surface area contributed by atoms with E-state index in [9.17, 15) is 14.9 Å². The molecule has 0 unspecified atom stereocenters. The second-order valence-corrected chi connectivity index (χ2v) is 9.96. The first-order chi connectivity index (χ1) is 19.4. The van der Waals surface area contributed by atoms with Crippen LogP contribution in [0.1, 0.15) is 30.9 Å². The lowest BCUT2D eigenvalue weighted by Gasteiger charge is -2.30. The van der Waals surface area contributed by atoms with E-state index < -0.39 is 17.6 Å². The number of carbonyl (C=O) groups is 2.